The van der Waals surface area contributed by atoms with Crippen LogP contribution in [0.15, 0.2) is 36.4 Å². The molecule has 16 nitrogen and oxygen atoms in total. The average Bonchev–Trinajstić information content (AvgIpc) is 3.86. The number of benzene rings is 2. The van der Waals surface area contributed by atoms with Gasteiger partial charge in [-0.3, -0.25) is 49.2 Å². The first-order chi connectivity index (χ1) is 34.9. The van der Waals surface area contributed by atoms with Crippen molar-refractivity contribution < 1.29 is 47.0 Å². The number of ether oxygens (including phenoxy) is 2. The van der Waals surface area contributed by atoms with Gasteiger partial charge in [0.1, 0.15) is 24.4 Å². The molecule has 2 aromatic carbocycles. The van der Waals surface area contributed by atoms with E-state index in [1.54, 1.807) is 15.9 Å². The lowest BCUT2D eigenvalue weighted by Crippen LogP contribution is -2.54. The maximum absolute atomic E-state index is 15.4. The number of carbonyl (C=O) groups excluding carboxylic acids is 6. The number of amides is 6. The van der Waals surface area contributed by atoms with Crippen LogP contribution in [0.25, 0.3) is 0 Å². The van der Waals surface area contributed by atoms with Crippen molar-refractivity contribution in [1.29, 1.82) is 0 Å². The van der Waals surface area contributed by atoms with E-state index in [0.717, 1.165) is 126 Å². The van der Waals surface area contributed by atoms with Crippen LogP contribution in [0.1, 0.15) is 145 Å². The molecule has 2 aromatic rings. The fourth-order valence-electron chi connectivity index (χ4n) is 13.2. The van der Waals surface area contributed by atoms with E-state index in [9.17, 15) is 28.8 Å². The van der Waals surface area contributed by atoms with E-state index in [1.165, 1.54) is 0 Å². The molecule has 388 valence electrons. The molecule has 18 heteroatoms. The SMILES string of the molecule is O=C1CCC(N2Cc3cc(C4CCN(C5CC(OC6CCNCC6)C5)CC4F)ccc3C2=O)C(=O)N1.O=C1CCC(N2Cc3ccc(C4CCN(C5CC(OC6CCNCC6)C5)CC4F)cc3C2=O)C(=O)N1. The first kappa shape index (κ1) is 49.5. The number of hydrogen-bond donors (Lipinski definition) is 4. The molecule has 0 bridgehead atoms. The van der Waals surface area contributed by atoms with Crippen LogP contribution in [0.2, 0.25) is 0 Å². The zero-order valence-electron chi connectivity index (χ0n) is 41.2. The molecule has 8 heterocycles. The highest BCUT2D eigenvalue weighted by atomic mass is 19.1. The van der Waals surface area contributed by atoms with Gasteiger partial charge in [0.2, 0.25) is 23.6 Å². The summed E-state index contributed by atoms with van der Waals surface area (Å²) in [6.07, 6.45) is 10.3. The highest BCUT2D eigenvalue weighted by molar-refractivity contribution is 6.06. The number of rotatable bonds is 10. The summed E-state index contributed by atoms with van der Waals surface area (Å²) in [6, 6.07) is 10.9. The Morgan fingerprint density at radius 2 is 0.958 bits per heavy atom. The van der Waals surface area contributed by atoms with Crippen LogP contribution in [0, 0.1) is 0 Å². The number of hydrogen-bond acceptors (Lipinski definition) is 12. The number of piperidine rings is 6. The number of nitrogens with one attached hydrogen (secondary N) is 4. The van der Waals surface area contributed by atoms with Gasteiger partial charge < -0.3 is 29.9 Å². The Balaban J connectivity index is 0.000000156. The number of halogens is 2. The van der Waals surface area contributed by atoms with E-state index in [2.05, 4.69) is 31.1 Å². The minimum Gasteiger partial charge on any atom is -0.375 e. The van der Waals surface area contributed by atoms with Crippen molar-refractivity contribution in [3.05, 3.63) is 69.8 Å². The molecule has 12 rings (SSSR count). The van der Waals surface area contributed by atoms with Crippen molar-refractivity contribution in [3.63, 3.8) is 0 Å². The number of carbonyl (C=O) groups is 6. The Labute approximate surface area is 420 Å². The second kappa shape index (κ2) is 21.3. The smallest absolute Gasteiger partial charge is 0.255 e. The number of nitrogens with zero attached hydrogens (tertiary/aromatic N) is 4. The van der Waals surface area contributed by atoms with Crippen molar-refractivity contribution in [3.8, 4) is 0 Å². The van der Waals surface area contributed by atoms with E-state index >= 15 is 8.78 Å². The Bertz CT molecular complexity index is 2370. The van der Waals surface area contributed by atoms with Gasteiger partial charge in [0.05, 0.1) is 24.4 Å². The predicted octanol–water partition coefficient (Wildman–Crippen LogP) is 3.75. The predicted molar refractivity (Wildman–Crippen MR) is 260 cm³/mol. The van der Waals surface area contributed by atoms with Crippen LogP contribution in [0.5, 0.6) is 0 Å². The van der Waals surface area contributed by atoms with Gasteiger partial charge >= 0.3 is 0 Å². The summed E-state index contributed by atoms with van der Waals surface area (Å²) in [5.74, 6) is -2.23. The summed E-state index contributed by atoms with van der Waals surface area (Å²) in [7, 11) is 0. The van der Waals surface area contributed by atoms with Gasteiger partial charge in [0.15, 0.2) is 0 Å². The van der Waals surface area contributed by atoms with E-state index in [4.69, 9.17) is 9.47 Å². The van der Waals surface area contributed by atoms with Gasteiger partial charge in [-0.25, -0.2) is 8.78 Å². The highest BCUT2D eigenvalue weighted by Crippen LogP contribution is 2.41. The van der Waals surface area contributed by atoms with E-state index in [0.29, 0.717) is 86.6 Å². The lowest BCUT2D eigenvalue weighted by Gasteiger charge is -2.47. The molecule has 8 aliphatic heterocycles. The largest absolute Gasteiger partial charge is 0.375 e. The topological polar surface area (TPSA) is 182 Å². The second-order valence-corrected chi connectivity index (χ2v) is 22.1. The van der Waals surface area contributed by atoms with Gasteiger partial charge in [0.25, 0.3) is 11.8 Å². The second-order valence-electron chi connectivity index (χ2n) is 22.1. The van der Waals surface area contributed by atoms with Crippen LogP contribution in [0.4, 0.5) is 8.78 Å². The third-order valence-corrected chi connectivity index (χ3v) is 17.6. The van der Waals surface area contributed by atoms with Gasteiger partial charge in [0, 0.05) is 74.1 Å². The molecule has 2 aliphatic carbocycles. The number of fused-ring (bicyclic) bond motifs is 2. The average molecular weight is 997 g/mol. The standard InChI is InChI=1S/2C27H35FN4O4/c28-23-15-31(18-12-20(13-18)36-19-5-8-29-9-6-19)10-7-21(23)16-1-2-22-17(11-16)14-32(27(22)35)24-3-4-25(33)30-26(24)34;28-23-15-31(18-12-20(13-18)36-19-5-8-29-9-6-19)10-7-21(23)16-1-2-17-14-32(27(35)22(17)11-16)24-3-4-25(33)30-26(24)34/h2*1-2,11,18-21,23-24,29H,3-10,12-15H2,(H,30,33,34). The molecular formula is C54H70F2N8O8. The first-order valence-corrected chi connectivity index (χ1v) is 27.0. The molecule has 10 aliphatic rings. The Kier molecular flexibility index (Phi) is 14.6. The quantitative estimate of drug-likeness (QED) is 0.254. The van der Waals surface area contributed by atoms with E-state index < -0.39 is 36.2 Å². The zero-order valence-corrected chi connectivity index (χ0v) is 41.2. The molecule has 8 fully saturated rings. The lowest BCUT2D eigenvalue weighted by atomic mass is 9.82. The minimum absolute atomic E-state index is 0.187. The Hall–Kier alpha value is -4.72. The zero-order chi connectivity index (χ0) is 49.6. The highest BCUT2D eigenvalue weighted by Gasteiger charge is 2.45. The number of alkyl halides is 2. The monoisotopic (exact) mass is 997 g/mol. The van der Waals surface area contributed by atoms with Crippen LogP contribution in [-0.4, -0.2) is 168 Å². The molecule has 0 radical (unpaired) electrons. The molecule has 6 atom stereocenters. The molecule has 0 spiro atoms. The van der Waals surface area contributed by atoms with Gasteiger partial charge in [-0.1, -0.05) is 24.3 Å². The fraction of sp³-hybridized carbons (Fsp3) is 0.667. The van der Waals surface area contributed by atoms with Crippen molar-refractivity contribution in [2.45, 2.75) is 176 Å². The van der Waals surface area contributed by atoms with Crippen molar-refractivity contribution in [2.24, 2.45) is 0 Å². The summed E-state index contributed by atoms with van der Waals surface area (Å²) in [6.45, 7) is 7.37. The third kappa shape index (κ3) is 10.4. The molecule has 4 N–H and O–H groups in total. The number of likely N-dealkylation sites (tertiary alicyclic amines) is 2. The first-order valence-electron chi connectivity index (χ1n) is 27.0. The molecule has 2 saturated carbocycles. The van der Waals surface area contributed by atoms with Gasteiger partial charge in [-0.2, -0.15) is 0 Å². The summed E-state index contributed by atoms with van der Waals surface area (Å²) in [5, 5.41) is 11.4. The molecule has 6 saturated heterocycles. The van der Waals surface area contributed by atoms with Gasteiger partial charge in [-0.15, -0.1) is 0 Å². The van der Waals surface area contributed by atoms with E-state index in [1.807, 2.05) is 30.3 Å². The summed E-state index contributed by atoms with van der Waals surface area (Å²) in [5.41, 5.74) is 4.62. The van der Waals surface area contributed by atoms with Crippen LogP contribution >= 0.6 is 0 Å². The lowest BCUT2D eigenvalue weighted by molar-refractivity contribution is -0.138. The van der Waals surface area contributed by atoms with Crippen LogP contribution in [0.3, 0.4) is 0 Å². The van der Waals surface area contributed by atoms with Crippen molar-refractivity contribution in [2.75, 3.05) is 52.4 Å². The Morgan fingerprint density at radius 1 is 0.500 bits per heavy atom. The maximum Gasteiger partial charge on any atom is 0.255 e. The van der Waals surface area contributed by atoms with E-state index in [-0.39, 0.29) is 48.3 Å². The Morgan fingerprint density at radius 3 is 1.44 bits per heavy atom. The molecule has 6 unspecified atom stereocenters. The molecule has 0 aromatic heterocycles. The van der Waals surface area contributed by atoms with Crippen LogP contribution < -0.4 is 21.3 Å². The number of imide groups is 2. The molecule has 6 amide bonds. The van der Waals surface area contributed by atoms with Crippen LogP contribution in [-0.2, 0) is 41.7 Å². The summed E-state index contributed by atoms with van der Waals surface area (Å²) in [4.78, 5) is 81.3. The molecule has 72 heavy (non-hydrogen) atoms. The fourth-order valence-corrected chi connectivity index (χ4v) is 13.2. The van der Waals surface area contributed by atoms with Crippen molar-refractivity contribution in [1.82, 2.24) is 40.9 Å². The maximum atomic E-state index is 15.4. The summed E-state index contributed by atoms with van der Waals surface area (Å²) >= 11 is 0. The minimum atomic E-state index is -0.982. The third-order valence-electron chi connectivity index (χ3n) is 17.6. The normalized spacial score (nSPS) is 33.9. The molecular weight excluding hydrogens is 927 g/mol. The van der Waals surface area contributed by atoms with Crippen molar-refractivity contribution >= 4 is 35.4 Å². The van der Waals surface area contributed by atoms with Gasteiger partial charge in [-0.05, 0) is 151 Å². The summed E-state index contributed by atoms with van der Waals surface area (Å²) < 4.78 is 43.3.